The highest BCUT2D eigenvalue weighted by molar-refractivity contribution is 7.90. The number of nitrogens with zero attached hydrogens (tertiary/aromatic N) is 2. The first kappa shape index (κ1) is 18.4. The molecular formula is C14H28N2O2S. The van der Waals surface area contributed by atoms with Gasteiger partial charge < -0.3 is 0 Å². The summed E-state index contributed by atoms with van der Waals surface area (Å²) in [5, 5.41) is 8.11. The van der Waals surface area contributed by atoms with Crippen LogP contribution >= 0.6 is 0 Å². The van der Waals surface area contributed by atoms with E-state index in [0.717, 1.165) is 38.5 Å². The van der Waals surface area contributed by atoms with Crippen LogP contribution in [0.15, 0.2) is 0 Å². The Morgan fingerprint density at radius 3 is 1.79 bits per heavy atom. The molecule has 5 heteroatoms. The molecule has 0 aliphatic rings. The van der Waals surface area contributed by atoms with Crippen molar-refractivity contribution in [2.45, 2.75) is 71.0 Å². The first-order chi connectivity index (χ1) is 9.04. The maximum Gasteiger partial charge on any atom is 0.230 e. The second-order valence-corrected chi connectivity index (χ2v) is 7.00. The minimum atomic E-state index is -3.45. The monoisotopic (exact) mass is 288 g/mol. The predicted molar refractivity (Wildman–Crippen MR) is 79.2 cm³/mol. The van der Waals surface area contributed by atoms with Gasteiger partial charge >= 0.3 is 0 Å². The molecule has 0 bridgehead atoms. The topological polar surface area (TPSA) is 61.2 Å². The van der Waals surface area contributed by atoms with Crippen LogP contribution in [0.1, 0.15) is 65.7 Å². The average Bonchev–Trinajstić information content (AvgIpc) is 2.38. The fourth-order valence-corrected chi connectivity index (χ4v) is 3.67. The molecule has 0 aromatic heterocycles. The van der Waals surface area contributed by atoms with Gasteiger partial charge in [-0.05, 0) is 19.3 Å². The van der Waals surface area contributed by atoms with E-state index in [1.165, 1.54) is 4.31 Å². The van der Waals surface area contributed by atoms with E-state index in [1.54, 1.807) is 6.92 Å². The fourth-order valence-electron chi connectivity index (χ4n) is 1.99. The second kappa shape index (κ2) is 10.2. The summed E-state index contributed by atoms with van der Waals surface area (Å²) in [6.07, 6.45) is 6.31. The van der Waals surface area contributed by atoms with Gasteiger partial charge in [0.2, 0.25) is 10.0 Å². The lowest BCUT2D eigenvalue weighted by Crippen LogP contribution is -2.39. The van der Waals surface area contributed by atoms with E-state index >= 15 is 0 Å². The third-order valence-corrected chi connectivity index (χ3v) is 5.50. The molecule has 0 rings (SSSR count). The minimum Gasteiger partial charge on any atom is -0.211 e. The molecule has 0 radical (unpaired) electrons. The van der Waals surface area contributed by atoms with Crippen LogP contribution in [0.4, 0.5) is 0 Å². The van der Waals surface area contributed by atoms with Gasteiger partial charge in [-0.25, -0.2) is 12.7 Å². The Labute approximate surface area is 118 Å². The van der Waals surface area contributed by atoms with E-state index in [1.807, 2.05) is 6.07 Å². The van der Waals surface area contributed by atoms with Gasteiger partial charge in [0.05, 0.1) is 6.07 Å². The molecular weight excluding hydrogens is 260 g/mol. The number of nitriles is 1. The summed E-state index contributed by atoms with van der Waals surface area (Å²) in [5.74, 6) is 0. The second-order valence-electron chi connectivity index (χ2n) is 4.88. The lowest BCUT2D eigenvalue weighted by Gasteiger charge is -2.24. The first-order valence-electron chi connectivity index (χ1n) is 7.43. The molecule has 0 spiro atoms. The van der Waals surface area contributed by atoms with Crippen LogP contribution < -0.4 is 0 Å². The summed E-state index contributed by atoms with van der Waals surface area (Å²) in [6.45, 7) is 7.05. The number of rotatable bonds is 11. The highest BCUT2D eigenvalue weighted by Gasteiger charge is 2.30. The van der Waals surface area contributed by atoms with Crippen molar-refractivity contribution < 1.29 is 8.42 Å². The molecule has 112 valence electrons. The Morgan fingerprint density at radius 1 is 1.00 bits per heavy atom. The molecule has 0 saturated heterocycles. The van der Waals surface area contributed by atoms with Gasteiger partial charge in [0.1, 0.15) is 0 Å². The van der Waals surface area contributed by atoms with Crippen LogP contribution in [0.2, 0.25) is 0 Å². The number of unbranched alkanes of at least 4 members (excludes halogenated alkanes) is 4. The highest BCUT2D eigenvalue weighted by atomic mass is 32.2. The van der Waals surface area contributed by atoms with Crippen molar-refractivity contribution in [1.82, 2.24) is 4.31 Å². The van der Waals surface area contributed by atoms with Gasteiger partial charge in [-0.1, -0.05) is 46.5 Å². The summed E-state index contributed by atoms with van der Waals surface area (Å²) < 4.78 is 26.3. The maximum atomic E-state index is 12.4. The van der Waals surface area contributed by atoms with Crippen LogP contribution in [-0.2, 0) is 10.0 Å². The highest BCUT2D eigenvalue weighted by Crippen LogP contribution is 2.15. The minimum absolute atomic E-state index is 0.358. The Kier molecular flexibility index (Phi) is 9.90. The largest absolute Gasteiger partial charge is 0.230 e. The van der Waals surface area contributed by atoms with Crippen molar-refractivity contribution in [3.8, 4) is 6.07 Å². The Morgan fingerprint density at radius 2 is 1.47 bits per heavy atom. The zero-order chi connectivity index (χ0) is 14.7. The van der Waals surface area contributed by atoms with Crippen LogP contribution in [0.3, 0.4) is 0 Å². The molecule has 0 fully saturated rings. The fraction of sp³-hybridized carbons (Fsp3) is 0.929. The van der Waals surface area contributed by atoms with E-state index in [4.69, 9.17) is 5.26 Å². The standard InChI is InChI=1S/C14H28N2O2S/c1-4-7-9-11-16(12-10-8-5-2)19(17,18)14(6-3)13-15/h14H,4-12H2,1-3H3. The average molecular weight is 288 g/mol. The molecule has 0 aliphatic heterocycles. The zero-order valence-electron chi connectivity index (χ0n) is 12.6. The molecule has 19 heavy (non-hydrogen) atoms. The summed E-state index contributed by atoms with van der Waals surface area (Å²) >= 11 is 0. The molecule has 0 aromatic carbocycles. The molecule has 0 aliphatic carbocycles. The molecule has 0 heterocycles. The molecule has 1 atom stereocenters. The lowest BCUT2D eigenvalue weighted by atomic mass is 10.2. The van der Waals surface area contributed by atoms with Gasteiger partial charge in [0.25, 0.3) is 0 Å². The summed E-state index contributed by atoms with van der Waals surface area (Å²) in [5.41, 5.74) is 0. The molecule has 0 saturated carbocycles. The number of sulfonamides is 1. The third-order valence-electron chi connectivity index (χ3n) is 3.26. The van der Waals surface area contributed by atoms with E-state index < -0.39 is 15.3 Å². The van der Waals surface area contributed by atoms with Crippen LogP contribution in [0.25, 0.3) is 0 Å². The third kappa shape index (κ3) is 6.40. The van der Waals surface area contributed by atoms with Gasteiger partial charge in [0.15, 0.2) is 5.25 Å². The molecule has 0 amide bonds. The van der Waals surface area contributed by atoms with Crippen molar-refractivity contribution in [2.24, 2.45) is 0 Å². The Balaban J connectivity index is 4.73. The van der Waals surface area contributed by atoms with Crippen molar-refractivity contribution in [3.05, 3.63) is 0 Å². The SMILES string of the molecule is CCCCCN(CCCCC)S(=O)(=O)C(C#N)CC. The van der Waals surface area contributed by atoms with E-state index in [2.05, 4.69) is 13.8 Å². The first-order valence-corrected chi connectivity index (χ1v) is 8.93. The van der Waals surface area contributed by atoms with Crippen molar-refractivity contribution in [3.63, 3.8) is 0 Å². The summed E-state index contributed by atoms with van der Waals surface area (Å²) in [6, 6.07) is 1.92. The maximum absolute atomic E-state index is 12.4. The van der Waals surface area contributed by atoms with Gasteiger partial charge in [0, 0.05) is 13.1 Å². The Bertz CT molecular complexity index is 350. The van der Waals surface area contributed by atoms with Crippen molar-refractivity contribution in [1.29, 1.82) is 5.26 Å². The van der Waals surface area contributed by atoms with Gasteiger partial charge in [-0.3, -0.25) is 0 Å². The summed E-state index contributed by atoms with van der Waals surface area (Å²) in [7, 11) is -3.45. The van der Waals surface area contributed by atoms with Gasteiger partial charge in [-0.2, -0.15) is 5.26 Å². The van der Waals surface area contributed by atoms with Crippen molar-refractivity contribution in [2.75, 3.05) is 13.1 Å². The van der Waals surface area contributed by atoms with E-state index in [-0.39, 0.29) is 0 Å². The molecule has 0 aromatic rings. The summed E-state index contributed by atoms with van der Waals surface area (Å²) in [4.78, 5) is 0. The van der Waals surface area contributed by atoms with Gasteiger partial charge in [-0.15, -0.1) is 0 Å². The normalized spacial score (nSPS) is 13.4. The zero-order valence-corrected chi connectivity index (χ0v) is 13.4. The lowest BCUT2D eigenvalue weighted by molar-refractivity contribution is 0.385. The van der Waals surface area contributed by atoms with Crippen molar-refractivity contribution >= 4 is 10.0 Å². The smallest absolute Gasteiger partial charge is 0.211 e. The molecule has 4 nitrogen and oxygen atoms in total. The number of hydrogen-bond acceptors (Lipinski definition) is 3. The molecule has 0 N–H and O–H groups in total. The van der Waals surface area contributed by atoms with E-state index in [9.17, 15) is 8.42 Å². The van der Waals surface area contributed by atoms with Crippen LogP contribution in [0, 0.1) is 11.3 Å². The predicted octanol–water partition coefficient (Wildman–Crippen LogP) is 3.30. The number of hydrogen-bond donors (Lipinski definition) is 0. The molecule has 1 unspecified atom stereocenters. The Hall–Kier alpha value is -0.600. The van der Waals surface area contributed by atoms with Crippen LogP contribution in [0.5, 0.6) is 0 Å². The quantitative estimate of drug-likeness (QED) is 0.548. The van der Waals surface area contributed by atoms with Crippen LogP contribution in [-0.4, -0.2) is 31.1 Å². The van der Waals surface area contributed by atoms with E-state index in [0.29, 0.717) is 19.5 Å².